The van der Waals surface area contributed by atoms with Crippen LogP contribution in [0.25, 0.3) is 0 Å². The zero-order valence-electron chi connectivity index (χ0n) is 5.70. The van der Waals surface area contributed by atoms with E-state index in [0.717, 1.165) is 31.4 Å². The molecule has 0 saturated carbocycles. The van der Waals surface area contributed by atoms with E-state index in [1.165, 1.54) is 6.42 Å². The number of nitrogens with one attached hydrogen (secondary N) is 1. The first-order valence-electron chi connectivity index (χ1n) is 3.38. The second-order valence-corrected chi connectivity index (χ2v) is 2.73. The number of halogens is 1. The van der Waals surface area contributed by atoms with Crippen LogP contribution in [0, 0.1) is 0 Å². The molecule has 0 aliphatic rings. The first kappa shape index (κ1) is 9.40. The van der Waals surface area contributed by atoms with Gasteiger partial charge in [0.25, 0.3) is 0 Å². The predicted octanol–water partition coefficient (Wildman–Crippen LogP) is 0.710. The van der Waals surface area contributed by atoms with Crippen LogP contribution in [0.1, 0.15) is 12.8 Å². The van der Waals surface area contributed by atoms with Crippen LogP contribution >= 0.6 is 15.9 Å². The lowest BCUT2D eigenvalue weighted by Gasteiger charge is -1.99. The molecule has 3 heteroatoms. The van der Waals surface area contributed by atoms with Crippen molar-refractivity contribution < 1.29 is 0 Å². The van der Waals surface area contributed by atoms with Crippen LogP contribution in [-0.2, 0) is 0 Å². The van der Waals surface area contributed by atoms with Crippen LogP contribution in [0.2, 0.25) is 0 Å². The van der Waals surface area contributed by atoms with Crippen molar-refractivity contribution in [1.82, 2.24) is 5.32 Å². The zero-order valence-corrected chi connectivity index (χ0v) is 7.28. The van der Waals surface area contributed by atoms with E-state index in [0.29, 0.717) is 0 Å². The minimum atomic E-state index is 0.815. The topological polar surface area (TPSA) is 38.0 Å². The Hall–Kier alpha value is 0.400. The highest BCUT2D eigenvalue weighted by Crippen LogP contribution is 1.82. The Kier molecular flexibility index (Phi) is 8.77. The Morgan fingerprint density at radius 2 is 2.00 bits per heavy atom. The molecule has 0 spiro atoms. The zero-order chi connectivity index (χ0) is 6.95. The monoisotopic (exact) mass is 194 g/mol. The molecule has 0 aromatic heterocycles. The Balaban J connectivity index is 2.60. The number of alkyl halides is 1. The van der Waals surface area contributed by atoms with Gasteiger partial charge in [0.15, 0.2) is 0 Å². The highest BCUT2D eigenvalue weighted by Gasteiger charge is 1.84. The molecule has 0 fully saturated rings. The van der Waals surface area contributed by atoms with E-state index < -0.39 is 0 Å². The fraction of sp³-hybridized carbons (Fsp3) is 1.00. The molecule has 0 amide bonds. The Morgan fingerprint density at radius 1 is 1.22 bits per heavy atom. The summed E-state index contributed by atoms with van der Waals surface area (Å²) in [5, 5.41) is 4.30. The van der Waals surface area contributed by atoms with Gasteiger partial charge in [-0.15, -0.1) is 0 Å². The molecule has 0 heterocycles. The molecular weight excluding hydrogens is 180 g/mol. The summed E-state index contributed by atoms with van der Waals surface area (Å²) in [5.41, 5.74) is 5.31. The molecule has 0 unspecified atom stereocenters. The largest absolute Gasteiger partial charge is 0.330 e. The maximum Gasteiger partial charge on any atom is 0.0157 e. The van der Waals surface area contributed by atoms with E-state index in [4.69, 9.17) is 5.73 Å². The van der Waals surface area contributed by atoms with Crippen molar-refractivity contribution in [3.05, 3.63) is 0 Å². The van der Waals surface area contributed by atoms with Gasteiger partial charge >= 0.3 is 0 Å². The highest BCUT2D eigenvalue weighted by atomic mass is 79.9. The molecular formula is C6H15BrN2. The summed E-state index contributed by atoms with van der Waals surface area (Å²) in [5.74, 6) is 0. The van der Waals surface area contributed by atoms with Crippen LogP contribution in [-0.4, -0.2) is 25.0 Å². The van der Waals surface area contributed by atoms with Gasteiger partial charge in [-0.25, -0.2) is 0 Å². The van der Waals surface area contributed by atoms with Gasteiger partial charge in [0.05, 0.1) is 0 Å². The first-order valence-corrected chi connectivity index (χ1v) is 4.50. The quantitative estimate of drug-likeness (QED) is 0.483. The maximum atomic E-state index is 5.31. The minimum absolute atomic E-state index is 0.815. The molecule has 56 valence electrons. The fourth-order valence-electron chi connectivity index (χ4n) is 0.586. The molecule has 2 nitrogen and oxygen atoms in total. The van der Waals surface area contributed by atoms with Crippen LogP contribution in [0.5, 0.6) is 0 Å². The lowest BCUT2D eigenvalue weighted by Crippen LogP contribution is -2.18. The van der Waals surface area contributed by atoms with Crippen molar-refractivity contribution in [1.29, 1.82) is 0 Å². The van der Waals surface area contributed by atoms with Crippen LogP contribution in [0.15, 0.2) is 0 Å². The highest BCUT2D eigenvalue weighted by molar-refractivity contribution is 9.09. The molecule has 0 aliphatic carbocycles. The second kappa shape index (κ2) is 8.40. The summed E-state index contributed by atoms with van der Waals surface area (Å²) in [6, 6.07) is 0. The van der Waals surface area contributed by atoms with Crippen molar-refractivity contribution in [2.75, 3.05) is 25.0 Å². The predicted molar refractivity (Wildman–Crippen MR) is 45.0 cm³/mol. The smallest absolute Gasteiger partial charge is 0.0157 e. The van der Waals surface area contributed by atoms with Gasteiger partial charge in [0.2, 0.25) is 0 Å². The van der Waals surface area contributed by atoms with Gasteiger partial charge < -0.3 is 11.1 Å². The van der Waals surface area contributed by atoms with Crippen LogP contribution in [0.4, 0.5) is 0 Å². The van der Waals surface area contributed by atoms with E-state index in [9.17, 15) is 0 Å². The van der Waals surface area contributed by atoms with Crippen molar-refractivity contribution in [2.45, 2.75) is 12.8 Å². The number of unbranched alkanes of at least 4 members (excludes halogenated alkanes) is 1. The minimum Gasteiger partial charge on any atom is -0.330 e. The molecule has 0 rings (SSSR count). The van der Waals surface area contributed by atoms with E-state index >= 15 is 0 Å². The lowest BCUT2D eigenvalue weighted by molar-refractivity contribution is 0.649. The summed E-state index contributed by atoms with van der Waals surface area (Å²) >= 11 is 3.33. The standard InChI is InChI=1S/C6H15BrN2/c7-3-6-9-5-2-1-4-8/h9H,1-6,8H2. The van der Waals surface area contributed by atoms with Gasteiger partial charge in [-0.3, -0.25) is 0 Å². The Labute approximate surface area is 65.3 Å². The summed E-state index contributed by atoms with van der Waals surface area (Å²) in [4.78, 5) is 0. The average molecular weight is 195 g/mol. The second-order valence-electron chi connectivity index (χ2n) is 1.93. The number of hydrogen-bond donors (Lipinski definition) is 2. The Bertz CT molecular complexity index is 44.3. The number of hydrogen-bond acceptors (Lipinski definition) is 2. The number of nitrogens with two attached hydrogens (primary N) is 1. The molecule has 0 radical (unpaired) electrons. The molecule has 0 atom stereocenters. The first-order chi connectivity index (χ1) is 4.41. The van der Waals surface area contributed by atoms with Crippen LogP contribution in [0.3, 0.4) is 0 Å². The molecule has 9 heavy (non-hydrogen) atoms. The van der Waals surface area contributed by atoms with Crippen molar-refractivity contribution in [3.8, 4) is 0 Å². The average Bonchev–Trinajstić information content (AvgIpc) is 1.89. The third kappa shape index (κ3) is 8.40. The molecule has 0 bridgehead atoms. The molecule has 0 aliphatic heterocycles. The van der Waals surface area contributed by atoms with E-state index in [1.54, 1.807) is 0 Å². The Morgan fingerprint density at radius 3 is 2.56 bits per heavy atom. The molecule has 3 N–H and O–H groups in total. The van der Waals surface area contributed by atoms with Gasteiger partial charge in [-0.2, -0.15) is 0 Å². The van der Waals surface area contributed by atoms with Crippen molar-refractivity contribution in [2.24, 2.45) is 5.73 Å². The van der Waals surface area contributed by atoms with E-state index in [2.05, 4.69) is 21.2 Å². The summed E-state index contributed by atoms with van der Waals surface area (Å²) in [7, 11) is 0. The van der Waals surface area contributed by atoms with Crippen molar-refractivity contribution in [3.63, 3.8) is 0 Å². The summed E-state index contributed by atoms with van der Waals surface area (Å²) < 4.78 is 0. The summed E-state index contributed by atoms with van der Waals surface area (Å²) in [6.07, 6.45) is 2.33. The van der Waals surface area contributed by atoms with E-state index in [-0.39, 0.29) is 0 Å². The maximum absolute atomic E-state index is 5.31. The van der Waals surface area contributed by atoms with Crippen LogP contribution < -0.4 is 11.1 Å². The summed E-state index contributed by atoms with van der Waals surface area (Å²) in [6.45, 7) is 2.98. The van der Waals surface area contributed by atoms with Gasteiger partial charge in [0.1, 0.15) is 0 Å². The third-order valence-electron chi connectivity index (χ3n) is 1.08. The normalized spacial score (nSPS) is 10.0. The van der Waals surface area contributed by atoms with E-state index in [1.807, 2.05) is 0 Å². The van der Waals surface area contributed by atoms with Crippen molar-refractivity contribution >= 4 is 15.9 Å². The lowest BCUT2D eigenvalue weighted by atomic mass is 10.3. The molecule has 0 saturated heterocycles. The van der Waals surface area contributed by atoms with Gasteiger partial charge in [-0.1, -0.05) is 15.9 Å². The fourth-order valence-corrected chi connectivity index (χ4v) is 0.867. The SMILES string of the molecule is NCCCCNCCBr. The third-order valence-corrected chi connectivity index (χ3v) is 1.48. The number of rotatable bonds is 6. The van der Waals surface area contributed by atoms with Gasteiger partial charge in [-0.05, 0) is 25.9 Å². The van der Waals surface area contributed by atoms with Gasteiger partial charge in [0, 0.05) is 11.9 Å². The molecule has 0 aromatic rings. The molecule has 0 aromatic carbocycles.